The average Bonchev–Trinajstić information content (AvgIpc) is 2.39. The van der Waals surface area contributed by atoms with Crippen LogP contribution in [0.25, 0.3) is 0 Å². The number of hydrogen-bond donors (Lipinski definition) is 0. The van der Waals surface area contributed by atoms with Crippen molar-refractivity contribution >= 4 is 0 Å². The SMILES string of the molecule is N#CCc1cccc(OCc2ccccc2)c1. The van der Waals surface area contributed by atoms with Gasteiger partial charge in [-0.25, -0.2) is 0 Å². The summed E-state index contributed by atoms with van der Waals surface area (Å²) in [5.74, 6) is 0.807. The van der Waals surface area contributed by atoms with Gasteiger partial charge in [0.1, 0.15) is 12.4 Å². The number of rotatable bonds is 4. The van der Waals surface area contributed by atoms with Gasteiger partial charge in [0.15, 0.2) is 0 Å². The Kier molecular flexibility index (Phi) is 3.77. The molecular weight excluding hydrogens is 210 g/mol. The highest BCUT2D eigenvalue weighted by Crippen LogP contribution is 2.15. The maximum atomic E-state index is 8.63. The Morgan fingerprint density at radius 2 is 1.71 bits per heavy atom. The molecule has 2 heteroatoms. The summed E-state index contributed by atoms with van der Waals surface area (Å²) in [6.45, 7) is 0.552. The van der Waals surface area contributed by atoms with Crippen LogP contribution in [-0.4, -0.2) is 0 Å². The van der Waals surface area contributed by atoms with Crippen molar-refractivity contribution in [2.75, 3.05) is 0 Å². The lowest BCUT2D eigenvalue weighted by molar-refractivity contribution is 0.306. The summed E-state index contributed by atoms with van der Waals surface area (Å²) in [4.78, 5) is 0. The molecule has 2 aromatic carbocycles. The third kappa shape index (κ3) is 3.35. The summed E-state index contributed by atoms with van der Waals surface area (Å²) in [6.07, 6.45) is 0.419. The molecule has 0 atom stereocenters. The van der Waals surface area contributed by atoms with Gasteiger partial charge in [-0.1, -0.05) is 42.5 Å². The minimum Gasteiger partial charge on any atom is -0.489 e. The quantitative estimate of drug-likeness (QED) is 0.796. The minimum absolute atomic E-state index is 0.419. The lowest BCUT2D eigenvalue weighted by Crippen LogP contribution is -1.95. The molecule has 0 saturated carbocycles. The first-order valence-corrected chi connectivity index (χ1v) is 5.51. The highest BCUT2D eigenvalue weighted by atomic mass is 16.5. The standard InChI is InChI=1S/C15H13NO/c16-10-9-13-7-4-8-15(11-13)17-12-14-5-2-1-3-6-14/h1-8,11H,9,12H2. The summed E-state index contributed by atoms with van der Waals surface area (Å²) in [5.41, 5.74) is 2.12. The molecule has 0 aliphatic carbocycles. The molecule has 2 nitrogen and oxygen atoms in total. The molecule has 17 heavy (non-hydrogen) atoms. The van der Waals surface area contributed by atoms with E-state index >= 15 is 0 Å². The third-order valence-electron chi connectivity index (χ3n) is 2.43. The Hall–Kier alpha value is -2.27. The topological polar surface area (TPSA) is 33.0 Å². The first-order valence-electron chi connectivity index (χ1n) is 5.51. The van der Waals surface area contributed by atoms with E-state index in [0.29, 0.717) is 13.0 Å². The van der Waals surface area contributed by atoms with Crippen molar-refractivity contribution in [2.45, 2.75) is 13.0 Å². The van der Waals surface area contributed by atoms with E-state index < -0.39 is 0 Å². The zero-order valence-electron chi connectivity index (χ0n) is 9.47. The van der Waals surface area contributed by atoms with Crippen LogP contribution in [-0.2, 0) is 13.0 Å². The van der Waals surface area contributed by atoms with Crippen LogP contribution in [0.3, 0.4) is 0 Å². The van der Waals surface area contributed by atoms with Gasteiger partial charge in [-0.3, -0.25) is 0 Å². The maximum absolute atomic E-state index is 8.63. The van der Waals surface area contributed by atoms with Crippen LogP contribution in [0.5, 0.6) is 5.75 Å². The molecule has 2 rings (SSSR count). The molecule has 0 N–H and O–H groups in total. The van der Waals surface area contributed by atoms with Gasteiger partial charge < -0.3 is 4.74 Å². The fraction of sp³-hybridized carbons (Fsp3) is 0.133. The molecular formula is C15H13NO. The van der Waals surface area contributed by atoms with Crippen molar-refractivity contribution in [3.05, 3.63) is 65.7 Å². The van der Waals surface area contributed by atoms with Crippen LogP contribution in [0, 0.1) is 11.3 Å². The summed E-state index contributed by atoms with van der Waals surface area (Å²) in [6, 6.07) is 19.8. The van der Waals surface area contributed by atoms with Crippen LogP contribution in [0.2, 0.25) is 0 Å². The van der Waals surface area contributed by atoms with Crippen molar-refractivity contribution in [3.8, 4) is 11.8 Å². The van der Waals surface area contributed by atoms with Crippen molar-refractivity contribution in [3.63, 3.8) is 0 Å². The first-order chi connectivity index (χ1) is 8.38. The van der Waals surface area contributed by atoms with Crippen LogP contribution < -0.4 is 4.74 Å². The molecule has 0 aliphatic rings. The van der Waals surface area contributed by atoms with E-state index in [0.717, 1.165) is 16.9 Å². The molecule has 2 aromatic rings. The fourth-order valence-corrected chi connectivity index (χ4v) is 1.58. The zero-order chi connectivity index (χ0) is 11.9. The Labute approximate surface area is 101 Å². The highest BCUT2D eigenvalue weighted by Gasteiger charge is 1.97. The predicted octanol–water partition coefficient (Wildman–Crippen LogP) is 3.33. The predicted molar refractivity (Wildman–Crippen MR) is 66.5 cm³/mol. The summed E-state index contributed by atoms with van der Waals surface area (Å²) in [5, 5.41) is 8.63. The lowest BCUT2D eigenvalue weighted by Gasteiger charge is -2.06. The molecule has 84 valence electrons. The van der Waals surface area contributed by atoms with E-state index in [9.17, 15) is 0 Å². The van der Waals surface area contributed by atoms with Gasteiger partial charge in [-0.2, -0.15) is 5.26 Å². The van der Waals surface area contributed by atoms with Gasteiger partial charge in [0.05, 0.1) is 12.5 Å². The second kappa shape index (κ2) is 5.72. The van der Waals surface area contributed by atoms with Crippen LogP contribution in [0.1, 0.15) is 11.1 Å². The Bertz CT molecular complexity index is 514. The van der Waals surface area contributed by atoms with Gasteiger partial charge in [0, 0.05) is 0 Å². The largest absolute Gasteiger partial charge is 0.489 e. The van der Waals surface area contributed by atoms with E-state index in [1.807, 2.05) is 54.6 Å². The number of benzene rings is 2. The third-order valence-corrected chi connectivity index (χ3v) is 2.43. The summed E-state index contributed by atoms with van der Waals surface area (Å²) < 4.78 is 5.67. The smallest absolute Gasteiger partial charge is 0.120 e. The number of hydrogen-bond acceptors (Lipinski definition) is 2. The van der Waals surface area contributed by atoms with Gasteiger partial charge in [0.25, 0.3) is 0 Å². The average molecular weight is 223 g/mol. The zero-order valence-corrected chi connectivity index (χ0v) is 9.47. The van der Waals surface area contributed by atoms with E-state index in [1.54, 1.807) is 0 Å². The van der Waals surface area contributed by atoms with E-state index in [1.165, 1.54) is 0 Å². The summed E-state index contributed by atoms with van der Waals surface area (Å²) >= 11 is 0. The van der Waals surface area contributed by atoms with Gasteiger partial charge >= 0.3 is 0 Å². The molecule has 0 heterocycles. The van der Waals surface area contributed by atoms with E-state index in [-0.39, 0.29) is 0 Å². The van der Waals surface area contributed by atoms with Crippen LogP contribution in [0.15, 0.2) is 54.6 Å². The Balaban J connectivity index is 2.00. The van der Waals surface area contributed by atoms with Crippen molar-refractivity contribution < 1.29 is 4.74 Å². The molecule has 0 amide bonds. The maximum Gasteiger partial charge on any atom is 0.120 e. The monoisotopic (exact) mass is 223 g/mol. The van der Waals surface area contributed by atoms with Crippen LogP contribution >= 0.6 is 0 Å². The Morgan fingerprint density at radius 1 is 0.941 bits per heavy atom. The molecule has 0 aromatic heterocycles. The molecule has 0 saturated heterocycles. The van der Waals surface area contributed by atoms with Crippen molar-refractivity contribution in [1.82, 2.24) is 0 Å². The molecule has 0 fully saturated rings. The van der Waals surface area contributed by atoms with Crippen molar-refractivity contribution in [2.24, 2.45) is 0 Å². The molecule has 0 bridgehead atoms. The first kappa shape index (κ1) is 11.2. The molecule has 0 spiro atoms. The Morgan fingerprint density at radius 3 is 2.47 bits per heavy atom. The van der Waals surface area contributed by atoms with Gasteiger partial charge in [0.2, 0.25) is 0 Å². The second-order valence-corrected chi connectivity index (χ2v) is 3.76. The molecule has 0 unspecified atom stereocenters. The van der Waals surface area contributed by atoms with Gasteiger partial charge in [-0.15, -0.1) is 0 Å². The van der Waals surface area contributed by atoms with E-state index in [2.05, 4.69) is 6.07 Å². The molecule has 0 aliphatic heterocycles. The van der Waals surface area contributed by atoms with Gasteiger partial charge in [-0.05, 0) is 23.3 Å². The van der Waals surface area contributed by atoms with E-state index in [4.69, 9.17) is 10.00 Å². The number of ether oxygens (including phenoxy) is 1. The normalized spacial score (nSPS) is 9.59. The van der Waals surface area contributed by atoms with Crippen LogP contribution in [0.4, 0.5) is 0 Å². The summed E-state index contributed by atoms with van der Waals surface area (Å²) in [7, 11) is 0. The minimum atomic E-state index is 0.419. The lowest BCUT2D eigenvalue weighted by atomic mass is 10.1. The second-order valence-electron chi connectivity index (χ2n) is 3.76. The highest BCUT2D eigenvalue weighted by molar-refractivity contribution is 5.30. The number of nitriles is 1. The number of nitrogens with zero attached hydrogens (tertiary/aromatic N) is 1. The van der Waals surface area contributed by atoms with Crippen molar-refractivity contribution in [1.29, 1.82) is 5.26 Å². The molecule has 0 radical (unpaired) electrons. The fourth-order valence-electron chi connectivity index (χ4n) is 1.58.